The van der Waals surface area contributed by atoms with E-state index < -0.39 is 0 Å². The number of aryl methyl sites for hydroxylation is 2. The van der Waals surface area contributed by atoms with Crippen molar-refractivity contribution < 1.29 is 5.11 Å². The molecule has 0 spiro atoms. The van der Waals surface area contributed by atoms with Gasteiger partial charge < -0.3 is 10.4 Å². The van der Waals surface area contributed by atoms with Crippen LogP contribution in [0.5, 0.6) is 5.75 Å². The molecule has 1 fully saturated rings. The van der Waals surface area contributed by atoms with Gasteiger partial charge in [-0.3, -0.25) is 0 Å². The van der Waals surface area contributed by atoms with Crippen LogP contribution in [0.4, 0.5) is 0 Å². The molecule has 1 aliphatic rings. The van der Waals surface area contributed by atoms with Crippen LogP contribution in [0.25, 0.3) is 11.4 Å². The number of hydrogen-bond acceptors (Lipinski definition) is 4. The van der Waals surface area contributed by atoms with Crippen molar-refractivity contribution in [1.82, 2.24) is 15.3 Å². The van der Waals surface area contributed by atoms with Gasteiger partial charge in [0.05, 0.1) is 0 Å². The molecule has 0 amide bonds. The van der Waals surface area contributed by atoms with Crippen LogP contribution in [0, 0.1) is 13.8 Å². The Labute approximate surface area is 118 Å². The largest absolute Gasteiger partial charge is 0.508 e. The Kier molecular flexibility index (Phi) is 3.40. The lowest BCUT2D eigenvalue weighted by Crippen LogP contribution is -2.18. The fourth-order valence-electron chi connectivity index (χ4n) is 2.27. The Morgan fingerprint density at radius 1 is 1.10 bits per heavy atom. The minimum atomic E-state index is 0.257. The van der Waals surface area contributed by atoms with E-state index in [0.29, 0.717) is 6.04 Å². The van der Waals surface area contributed by atoms with E-state index in [1.54, 1.807) is 12.1 Å². The second-order valence-electron chi connectivity index (χ2n) is 5.40. The zero-order valence-corrected chi connectivity index (χ0v) is 11.8. The van der Waals surface area contributed by atoms with Crippen LogP contribution in [0.1, 0.15) is 29.8 Å². The van der Waals surface area contributed by atoms with Gasteiger partial charge in [0.15, 0.2) is 5.82 Å². The summed E-state index contributed by atoms with van der Waals surface area (Å²) < 4.78 is 0. The van der Waals surface area contributed by atoms with Crippen molar-refractivity contribution in [2.45, 2.75) is 39.3 Å². The van der Waals surface area contributed by atoms with Crippen molar-refractivity contribution in [2.75, 3.05) is 0 Å². The lowest BCUT2D eigenvalue weighted by atomic mass is 10.1. The monoisotopic (exact) mass is 269 g/mol. The van der Waals surface area contributed by atoms with Crippen LogP contribution < -0.4 is 5.32 Å². The first-order valence-corrected chi connectivity index (χ1v) is 7.00. The zero-order valence-electron chi connectivity index (χ0n) is 11.8. The summed E-state index contributed by atoms with van der Waals surface area (Å²) in [4.78, 5) is 9.20. The molecule has 0 unspecified atom stereocenters. The van der Waals surface area contributed by atoms with Gasteiger partial charge in [-0.1, -0.05) is 0 Å². The smallest absolute Gasteiger partial charge is 0.159 e. The number of phenols is 1. The Morgan fingerprint density at radius 2 is 1.70 bits per heavy atom. The van der Waals surface area contributed by atoms with Gasteiger partial charge in [-0.05, 0) is 51.0 Å². The minimum Gasteiger partial charge on any atom is -0.508 e. The SMILES string of the molecule is Cc1nc(-c2ccc(O)cc2)nc(C)c1CNC1CC1. The summed E-state index contributed by atoms with van der Waals surface area (Å²) in [5.74, 6) is 0.975. The molecule has 1 aromatic heterocycles. The highest BCUT2D eigenvalue weighted by Gasteiger charge is 2.21. The highest BCUT2D eigenvalue weighted by atomic mass is 16.3. The standard InChI is InChI=1S/C16H19N3O/c1-10-15(9-17-13-5-6-13)11(2)19-16(18-10)12-3-7-14(20)8-4-12/h3-4,7-8,13,17,20H,5-6,9H2,1-2H3. The van der Waals surface area contributed by atoms with Crippen molar-refractivity contribution in [2.24, 2.45) is 0 Å². The van der Waals surface area contributed by atoms with E-state index in [-0.39, 0.29) is 5.75 Å². The summed E-state index contributed by atoms with van der Waals surface area (Å²) in [5, 5.41) is 12.8. The van der Waals surface area contributed by atoms with E-state index in [2.05, 4.69) is 15.3 Å². The maximum absolute atomic E-state index is 9.34. The number of phenolic OH excluding ortho intramolecular Hbond substituents is 1. The molecule has 1 aliphatic carbocycles. The summed E-state index contributed by atoms with van der Waals surface area (Å²) >= 11 is 0. The van der Waals surface area contributed by atoms with Gasteiger partial charge in [-0.25, -0.2) is 9.97 Å². The highest BCUT2D eigenvalue weighted by molar-refractivity contribution is 5.57. The van der Waals surface area contributed by atoms with Crippen molar-refractivity contribution >= 4 is 0 Å². The number of rotatable bonds is 4. The second-order valence-corrected chi connectivity index (χ2v) is 5.40. The van der Waals surface area contributed by atoms with Gasteiger partial charge in [-0.15, -0.1) is 0 Å². The molecule has 0 atom stereocenters. The van der Waals surface area contributed by atoms with Gasteiger partial charge in [-0.2, -0.15) is 0 Å². The van der Waals surface area contributed by atoms with E-state index in [9.17, 15) is 5.11 Å². The molecule has 2 aromatic rings. The van der Waals surface area contributed by atoms with Gasteiger partial charge in [0.2, 0.25) is 0 Å². The maximum Gasteiger partial charge on any atom is 0.159 e. The van der Waals surface area contributed by atoms with Crippen LogP contribution in [0.15, 0.2) is 24.3 Å². The first kappa shape index (κ1) is 13.1. The molecule has 20 heavy (non-hydrogen) atoms. The Morgan fingerprint density at radius 3 is 2.25 bits per heavy atom. The summed E-state index contributed by atoms with van der Waals surface area (Å²) in [5.41, 5.74) is 4.16. The van der Waals surface area contributed by atoms with E-state index in [0.717, 1.165) is 29.3 Å². The molecule has 0 bridgehead atoms. The molecule has 1 saturated carbocycles. The number of benzene rings is 1. The molecule has 0 radical (unpaired) electrons. The van der Waals surface area contributed by atoms with Crippen LogP contribution in [0.2, 0.25) is 0 Å². The summed E-state index contributed by atoms with van der Waals surface area (Å²) in [6, 6.07) is 7.68. The second kappa shape index (κ2) is 5.21. The third-order valence-electron chi connectivity index (χ3n) is 3.69. The molecule has 1 aromatic carbocycles. The number of aromatic hydroxyl groups is 1. The predicted molar refractivity (Wildman–Crippen MR) is 78.5 cm³/mol. The van der Waals surface area contributed by atoms with E-state index in [1.807, 2.05) is 26.0 Å². The van der Waals surface area contributed by atoms with Gasteiger partial charge >= 0.3 is 0 Å². The average Bonchev–Trinajstić information content (AvgIpc) is 3.22. The zero-order chi connectivity index (χ0) is 14.1. The Balaban J connectivity index is 1.87. The lowest BCUT2D eigenvalue weighted by molar-refractivity contribution is 0.475. The summed E-state index contributed by atoms with van der Waals surface area (Å²) in [6.45, 7) is 4.91. The molecule has 0 aliphatic heterocycles. The molecule has 3 rings (SSSR count). The van der Waals surface area contributed by atoms with Crippen molar-refractivity contribution in [1.29, 1.82) is 0 Å². The maximum atomic E-state index is 9.34. The van der Waals surface area contributed by atoms with Crippen LogP contribution in [0.3, 0.4) is 0 Å². The number of nitrogens with one attached hydrogen (secondary N) is 1. The molecule has 4 heteroatoms. The third kappa shape index (κ3) is 2.80. The number of nitrogens with zero attached hydrogens (tertiary/aromatic N) is 2. The van der Waals surface area contributed by atoms with E-state index in [4.69, 9.17) is 0 Å². The third-order valence-corrected chi connectivity index (χ3v) is 3.69. The summed E-state index contributed by atoms with van der Waals surface area (Å²) in [7, 11) is 0. The number of aromatic nitrogens is 2. The Bertz CT molecular complexity index is 595. The van der Waals surface area contributed by atoms with Crippen LogP contribution >= 0.6 is 0 Å². The van der Waals surface area contributed by atoms with Crippen molar-refractivity contribution in [3.63, 3.8) is 0 Å². The van der Waals surface area contributed by atoms with Gasteiger partial charge in [0.1, 0.15) is 5.75 Å². The number of hydrogen-bond donors (Lipinski definition) is 2. The molecule has 1 heterocycles. The minimum absolute atomic E-state index is 0.257. The quantitative estimate of drug-likeness (QED) is 0.896. The van der Waals surface area contributed by atoms with Crippen LogP contribution in [-0.4, -0.2) is 21.1 Å². The molecule has 0 saturated heterocycles. The van der Waals surface area contributed by atoms with Crippen LogP contribution in [-0.2, 0) is 6.54 Å². The highest BCUT2D eigenvalue weighted by Crippen LogP contribution is 2.23. The average molecular weight is 269 g/mol. The predicted octanol–water partition coefficient (Wildman–Crippen LogP) is 2.72. The fourth-order valence-corrected chi connectivity index (χ4v) is 2.27. The van der Waals surface area contributed by atoms with Crippen molar-refractivity contribution in [3.8, 4) is 17.1 Å². The molecule has 104 valence electrons. The fraction of sp³-hybridized carbons (Fsp3) is 0.375. The Hall–Kier alpha value is -1.94. The van der Waals surface area contributed by atoms with Gasteiger partial charge in [0.25, 0.3) is 0 Å². The van der Waals surface area contributed by atoms with E-state index in [1.165, 1.54) is 18.4 Å². The lowest BCUT2D eigenvalue weighted by Gasteiger charge is -2.11. The molecule has 2 N–H and O–H groups in total. The topological polar surface area (TPSA) is 58.0 Å². The van der Waals surface area contributed by atoms with Crippen molar-refractivity contribution in [3.05, 3.63) is 41.2 Å². The molecular weight excluding hydrogens is 250 g/mol. The van der Waals surface area contributed by atoms with E-state index >= 15 is 0 Å². The first-order valence-electron chi connectivity index (χ1n) is 7.00. The molecule has 4 nitrogen and oxygen atoms in total. The molecular formula is C16H19N3O. The van der Waals surface area contributed by atoms with Gasteiger partial charge in [0, 0.05) is 35.1 Å². The first-order chi connectivity index (χ1) is 9.63. The normalized spacial score (nSPS) is 14.5. The summed E-state index contributed by atoms with van der Waals surface area (Å²) in [6.07, 6.45) is 2.56.